The Kier molecular flexibility index (Phi) is 9.48. The molecule has 8 nitrogen and oxygen atoms in total. The third-order valence-electron chi connectivity index (χ3n) is 3.64. The topological polar surface area (TPSA) is 92.6 Å². The smallest absolute Gasteiger partial charge is 0.251 e. The fourth-order valence-electron chi connectivity index (χ4n) is 2.17. The molecule has 0 bridgehead atoms. The van der Waals surface area contributed by atoms with Crippen molar-refractivity contribution in [1.82, 2.24) is 25.7 Å². The quantitative estimate of drug-likeness (QED) is 0.243. The van der Waals surface area contributed by atoms with Crippen molar-refractivity contribution in [2.24, 2.45) is 12.0 Å². The molecule has 142 valence electrons. The summed E-state index contributed by atoms with van der Waals surface area (Å²) >= 11 is 0. The van der Waals surface area contributed by atoms with E-state index in [4.69, 9.17) is 4.74 Å². The number of hydrogen-bond acceptors (Lipinski definition) is 4. The van der Waals surface area contributed by atoms with Crippen LogP contribution in [0, 0.1) is 0 Å². The molecule has 1 aromatic carbocycles. The van der Waals surface area contributed by atoms with Crippen molar-refractivity contribution < 1.29 is 9.53 Å². The first-order valence-electron chi connectivity index (χ1n) is 7.97. The average molecular weight is 472 g/mol. The van der Waals surface area contributed by atoms with Crippen LogP contribution < -0.4 is 20.7 Å². The summed E-state index contributed by atoms with van der Waals surface area (Å²) < 4.78 is 6.88. The molecule has 1 heterocycles. The molecule has 0 aliphatic carbocycles. The summed E-state index contributed by atoms with van der Waals surface area (Å²) in [5.41, 5.74) is 1.65. The minimum Gasteiger partial charge on any atom is -0.497 e. The second-order valence-corrected chi connectivity index (χ2v) is 5.28. The lowest BCUT2D eigenvalue weighted by molar-refractivity contribution is 0.0954. The van der Waals surface area contributed by atoms with Gasteiger partial charge in [-0.05, 0) is 30.3 Å². The Morgan fingerprint density at radius 1 is 1.15 bits per heavy atom. The standard InChI is InChI=1S/C17H24N6O2.HI/c1-18-17(21-12-14-8-9-22-23(14)2)20-11-10-19-16(24)13-4-6-15(25-3)7-5-13;/h4-9H,10-12H2,1-3H3,(H,19,24)(H2,18,20,21);1H. The first-order valence-corrected chi connectivity index (χ1v) is 7.97. The molecule has 1 aromatic heterocycles. The Bertz CT molecular complexity index is 714. The largest absolute Gasteiger partial charge is 0.497 e. The van der Waals surface area contributed by atoms with Gasteiger partial charge in [-0.15, -0.1) is 24.0 Å². The number of carbonyl (C=O) groups is 1. The van der Waals surface area contributed by atoms with Gasteiger partial charge in [0.15, 0.2) is 5.96 Å². The lowest BCUT2D eigenvalue weighted by Crippen LogP contribution is -2.41. The van der Waals surface area contributed by atoms with Crippen LogP contribution in [0.3, 0.4) is 0 Å². The van der Waals surface area contributed by atoms with Crippen molar-refractivity contribution in [2.75, 3.05) is 27.2 Å². The molecule has 2 rings (SSSR count). The van der Waals surface area contributed by atoms with Gasteiger partial charge >= 0.3 is 0 Å². The molecule has 0 spiro atoms. The number of rotatable bonds is 7. The third kappa shape index (κ3) is 6.54. The fraction of sp³-hybridized carbons (Fsp3) is 0.353. The van der Waals surface area contributed by atoms with Crippen LogP contribution in [0.15, 0.2) is 41.5 Å². The maximum atomic E-state index is 12.0. The molecule has 0 saturated heterocycles. The molecule has 1 amide bonds. The van der Waals surface area contributed by atoms with Crippen molar-refractivity contribution in [3.8, 4) is 5.75 Å². The number of amides is 1. The molecule has 2 aromatic rings. The van der Waals surface area contributed by atoms with Crippen LogP contribution in [0.2, 0.25) is 0 Å². The van der Waals surface area contributed by atoms with Gasteiger partial charge in [-0.1, -0.05) is 0 Å². The van der Waals surface area contributed by atoms with Crippen LogP contribution in [0.25, 0.3) is 0 Å². The van der Waals surface area contributed by atoms with Crippen molar-refractivity contribution in [1.29, 1.82) is 0 Å². The van der Waals surface area contributed by atoms with E-state index in [2.05, 4.69) is 26.0 Å². The predicted octanol–water partition coefficient (Wildman–Crippen LogP) is 1.14. The first-order chi connectivity index (χ1) is 12.1. The predicted molar refractivity (Wildman–Crippen MR) is 112 cm³/mol. The summed E-state index contributed by atoms with van der Waals surface area (Å²) in [6, 6.07) is 8.93. The molecular weight excluding hydrogens is 447 g/mol. The number of aryl methyl sites for hydroxylation is 1. The lowest BCUT2D eigenvalue weighted by Gasteiger charge is -2.12. The SMILES string of the molecule is CN=C(NCCNC(=O)c1ccc(OC)cc1)NCc1ccnn1C.I. The minimum atomic E-state index is -0.123. The summed E-state index contributed by atoms with van der Waals surface area (Å²) in [6.07, 6.45) is 1.75. The van der Waals surface area contributed by atoms with E-state index in [9.17, 15) is 4.79 Å². The van der Waals surface area contributed by atoms with Crippen LogP contribution in [0.1, 0.15) is 16.1 Å². The fourth-order valence-corrected chi connectivity index (χ4v) is 2.17. The minimum absolute atomic E-state index is 0. The number of ether oxygens (including phenoxy) is 1. The summed E-state index contributed by atoms with van der Waals surface area (Å²) in [6.45, 7) is 1.67. The van der Waals surface area contributed by atoms with Gasteiger partial charge in [0, 0.05) is 38.9 Å². The molecule has 26 heavy (non-hydrogen) atoms. The van der Waals surface area contributed by atoms with Gasteiger partial charge in [0.25, 0.3) is 5.91 Å². The normalized spacial score (nSPS) is 10.7. The van der Waals surface area contributed by atoms with Gasteiger partial charge in [-0.3, -0.25) is 14.5 Å². The Balaban J connectivity index is 0.00000338. The number of methoxy groups -OCH3 is 1. The van der Waals surface area contributed by atoms with Crippen LogP contribution in [0.4, 0.5) is 0 Å². The van der Waals surface area contributed by atoms with Gasteiger partial charge < -0.3 is 20.7 Å². The molecule has 0 aliphatic heterocycles. The van der Waals surface area contributed by atoms with E-state index in [0.717, 1.165) is 11.4 Å². The molecule has 0 saturated carbocycles. The number of guanidine groups is 1. The van der Waals surface area contributed by atoms with Gasteiger partial charge in [0.2, 0.25) is 0 Å². The Labute approximate surface area is 170 Å². The number of benzene rings is 1. The van der Waals surface area contributed by atoms with Gasteiger partial charge in [0.05, 0.1) is 19.3 Å². The monoisotopic (exact) mass is 472 g/mol. The van der Waals surface area contributed by atoms with E-state index in [1.165, 1.54) is 0 Å². The Hall–Kier alpha value is -2.30. The van der Waals surface area contributed by atoms with Crippen LogP contribution >= 0.6 is 24.0 Å². The van der Waals surface area contributed by atoms with Gasteiger partial charge in [0.1, 0.15) is 5.75 Å². The summed E-state index contributed by atoms with van der Waals surface area (Å²) in [5.74, 6) is 1.27. The van der Waals surface area contributed by atoms with Crippen molar-refractivity contribution >= 4 is 35.8 Å². The van der Waals surface area contributed by atoms with E-state index >= 15 is 0 Å². The van der Waals surface area contributed by atoms with Crippen LogP contribution in [0.5, 0.6) is 5.75 Å². The highest BCUT2D eigenvalue weighted by Gasteiger charge is 2.05. The van der Waals surface area contributed by atoms with Gasteiger partial charge in [-0.25, -0.2) is 0 Å². The number of hydrogen-bond donors (Lipinski definition) is 3. The zero-order chi connectivity index (χ0) is 18.1. The highest BCUT2D eigenvalue weighted by atomic mass is 127. The van der Waals surface area contributed by atoms with Crippen molar-refractivity contribution in [3.05, 3.63) is 47.8 Å². The van der Waals surface area contributed by atoms with Crippen molar-refractivity contribution in [2.45, 2.75) is 6.54 Å². The summed E-state index contributed by atoms with van der Waals surface area (Å²) in [7, 11) is 5.19. The van der Waals surface area contributed by atoms with E-state index in [0.29, 0.717) is 31.2 Å². The maximum absolute atomic E-state index is 12.0. The number of nitrogens with one attached hydrogen (secondary N) is 3. The second-order valence-electron chi connectivity index (χ2n) is 5.28. The number of halogens is 1. The summed E-state index contributed by atoms with van der Waals surface area (Å²) in [4.78, 5) is 16.2. The third-order valence-corrected chi connectivity index (χ3v) is 3.64. The Morgan fingerprint density at radius 2 is 1.85 bits per heavy atom. The second kappa shape index (κ2) is 11.3. The molecule has 9 heteroatoms. The highest BCUT2D eigenvalue weighted by Crippen LogP contribution is 2.10. The average Bonchev–Trinajstić information content (AvgIpc) is 3.06. The molecule has 0 unspecified atom stereocenters. The molecule has 0 atom stereocenters. The first kappa shape index (κ1) is 21.7. The Morgan fingerprint density at radius 3 is 2.42 bits per heavy atom. The zero-order valence-corrected chi connectivity index (χ0v) is 17.5. The highest BCUT2D eigenvalue weighted by molar-refractivity contribution is 14.0. The van der Waals surface area contributed by atoms with Crippen LogP contribution in [-0.4, -0.2) is 48.9 Å². The maximum Gasteiger partial charge on any atom is 0.251 e. The lowest BCUT2D eigenvalue weighted by atomic mass is 10.2. The van der Waals surface area contributed by atoms with E-state index in [1.54, 1.807) is 49.3 Å². The molecule has 3 N–H and O–H groups in total. The molecular formula is C17H25IN6O2. The summed E-state index contributed by atoms with van der Waals surface area (Å²) in [5, 5.41) is 13.3. The molecule has 0 aliphatic rings. The number of aliphatic imine (C=N–C) groups is 1. The van der Waals surface area contributed by atoms with E-state index < -0.39 is 0 Å². The number of aromatic nitrogens is 2. The van der Waals surface area contributed by atoms with Gasteiger partial charge in [-0.2, -0.15) is 5.10 Å². The van der Waals surface area contributed by atoms with Crippen molar-refractivity contribution in [3.63, 3.8) is 0 Å². The molecule has 0 fully saturated rings. The van der Waals surface area contributed by atoms with E-state index in [-0.39, 0.29) is 29.9 Å². The zero-order valence-electron chi connectivity index (χ0n) is 15.2. The number of nitrogens with zero attached hydrogens (tertiary/aromatic N) is 3. The molecule has 0 radical (unpaired) electrons. The van der Waals surface area contributed by atoms with E-state index in [1.807, 2.05) is 13.1 Å². The number of carbonyl (C=O) groups excluding carboxylic acids is 1. The van der Waals surface area contributed by atoms with Crippen LogP contribution in [-0.2, 0) is 13.6 Å².